The third kappa shape index (κ3) is 3.07. The summed E-state index contributed by atoms with van der Waals surface area (Å²) in [7, 11) is 0. The van der Waals surface area contributed by atoms with Gasteiger partial charge in [-0.25, -0.2) is 4.98 Å². The molecule has 1 saturated heterocycles. The molecule has 130 valence electrons. The zero-order valence-corrected chi connectivity index (χ0v) is 14.9. The summed E-state index contributed by atoms with van der Waals surface area (Å²) >= 11 is 1.66. The first kappa shape index (κ1) is 16.3. The van der Waals surface area contributed by atoms with Gasteiger partial charge in [-0.1, -0.05) is 13.0 Å². The molecule has 25 heavy (non-hydrogen) atoms. The van der Waals surface area contributed by atoms with E-state index in [2.05, 4.69) is 17.1 Å². The molecule has 1 aliphatic rings. The number of rotatable bonds is 3. The molecular weight excluding hydrogens is 334 g/mol. The predicted molar refractivity (Wildman–Crippen MR) is 99.4 cm³/mol. The van der Waals surface area contributed by atoms with Gasteiger partial charge in [0.25, 0.3) is 0 Å². The Balaban J connectivity index is 1.66. The van der Waals surface area contributed by atoms with Crippen molar-refractivity contribution in [2.75, 3.05) is 13.1 Å². The summed E-state index contributed by atoms with van der Waals surface area (Å²) in [6, 6.07) is 10.1. The summed E-state index contributed by atoms with van der Waals surface area (Å²) in [5.41, 5.74) is 1.87. The average molecular weight is 355 g/mol. The van der Waals surface area contributed by atoms with E-state index in [1.807, 2.05) is 40.0 Å². The number of hydrogen-bond acceptors (Lipinski definition) is 4. The van der Waals surface area contributed by atoms with Crippen molar-refractivity contribution in [1.82, 2.24) is 14.5 Å². The van der Waals surface area contributed by atoms with Crippen LogP contribution in [0.3, 0.4) is 0 Å². The fraction of sp³-hybridized carbons (Fsp3) is 0.368. The Morgan fingerprint density at radius 2 is 2.28 bits per heavy atom. The van der Waals surface area contributed by atoms with Crippen molar-refractivity contribution in [2.24, 2.45) is 5.92 Å². The number of aromatic nitrogens is 2. The number of likely N-dealkylation sites (tertiary alicyclic amines) is 1. The Morgan fingerprint density at radius 1 is 1.40 bits per heavy atom. The van der Waals surface area contributed by atoms with Gasteiger partial charge in [0.15, 0.2) is 0 Å². The van der Waals surface area contributed by atoms with Crippen LogP contribution >= 0.6 is 11.3 Å². The first-order valence-corrected chi connectivity index (χ1v) is 9.45. The highest BCUT2D eigenvalue weighted by Crippen LogP contribution is 2.30. The van der Waals surface area contributed by atoms with Crippen LogP contribution in [0.1, 0.15) is 13.3 Å². The van der Waals surface area contributed by atoms with Gasteiger partial charge in [0, 0.05) is 24.7 Å². The summed E-state index contributed by atoms with van der Waals surface area (Å²) in [5, 5.41) is 13.0. The topological polar surface area (TPSA) is 58.4 Å². The van der Waals surface area contributed by atoms with Crippen LogP contribution in [0.25, 0.3) is 21.6 Å². The Labute approximate surface area is 150 Å². The van der Waals surface area contributed by atoms with E-state index in [1.165, 1.54) is 0 Å². The highest BCUT2D eigenvalue weighted by Gasteiger charge is 2.28. The summed E-state index contributed by atoms with van der Waals surface area (Å²) in [6.07, 6.45) is 2.11. The average Bonchev–Trinajstić information content (AvgIpc) is 3.25. The predicted octanol–water partition coefficient (Wildman–Crippen LogP) is 2.99. The van der Waals surface area contributed by atoms with Crippen LogP contribution in [0.4, 0.5) is 0 Å². The first-order valence-electron chi connectivity index (χ1n) is 8.57. The van der Waals surface area contributed by atoms with Crippen molar-refractivity contribution in [3.8, 4) is 10.6 Å². The molecule has 5 nitrogen and oxygen atoms in total. The van der Waals surface area contributed by atoms with Gasteiger partial charge < -0.3 is 14.6 Å². The van der Waals surface area contributed by atoms with Gasteiger partial charge in [0.1, 0.15) is 12.2 Å². The number of fused-ring (bicyclic) bond motifs is 1. The van der Waals surface area contributed by atoms with Crippen LogP contribution < -0.4 is 0 Å². The van der Waals surface area contributed by atoms with Crippen molar-refractivity contribution >= 4 is 28.3 Å². The molecule has 4 heterocycles. The van der Waals surface area contributed by atoms with E-state index < -0.39 is 0 Å². The van der Waals surface area contributed by atoms with Crippen LogP contribution in [0, 0.1) is 5.92 Å². The highest BCUT2D eigenvalue weighted by molar-refractivity contribution is 7.13. The Morgan fingerprint density at radius 3 is 3.04 bits per heavy atom. The molecule has 6 heteroatoms. The minimum absolute atomic E-state index is 0.0831. The van der Waals surface area contributed by atoms with Crippen molar-refractivity contribution in [1.29, 1.82) is 0 Å². The van der Waals surface area contributed by atoms with Gasteiger partial charge in [0.05, 0.1) is 16.7 Å². The molecule has 0 unspecified atom stereocenters. The van der Waals surface area contributed by atoms with E-state index in [4.69, 9.17) is 0 Å². The molecule has 1 aliphatic heterocycles. The normalized spacial score (nSPS) is 21.0. The van der Waals surface area contributed by atoms with Crippen LogP contribution in [0.2, 0.25) is 0 Å². The smallest absolute Gasteiger partial charge is 0.242 e. The molecule has 0 saturated carbocycles. The second-order valence-corrected chi connectivity index (χ2v) is 7.63. The van der Waals surface area contributed by atoms with Gasteiger partial charge in [0.2, 0.25) is 5.91 Å². The van der Waals surface area contributed by atoms with E-state index in [0.717, 1.165) is 21.6 Å². The van der Waals surface area contributed by atoms with Crippen LogP contribution in [-0.2, 0) is 11.3 Å². The van der Waals surface area contributed by atoms with Gasteiger partial charge in [-0.3, -0.25) is 4.79 Å². The number of nitrogens with zero attached hydrogens (tertiary/aromatic N) is 3. The van der Waals surface area contributed by atoms with Crippen LogP contribution in [-0.4, -0.2) is 44.7 Å². The SMILES string of the molecule is C[C@H]1CN(C(=O)Cn2c(-c3cccs3)cc3cccnc32)CC[C@H]1O. The monoisotopic (exact) mass is 355 g/mol. The number of thiophene rings is 1. The van der Waals surface area contributed by atoms with E-state index in [9.17, 15) is 9.90 Å². The molecule has 1 amide bonds. The molecule has 3 aromatic rings. The fourth-order valence-corrected chi connectivity index (χ4v) is 4.22. The molecule has 0 radical (unpaired) electrons. The Bertz CT molecular complexity index is 887. The molecule has 0 spiro atoms. The van der Waals surface area contributed by atoms with Gasteiger partial charge >= 0.3 is 0 Å². The number of pyridine rings is 1. The molecule has 0 bridgehead atoms. The minimum Gasteiger partial charge on any atom is -0.393 e. The van der Waals surface area contributed by atoms with Crippen molar-refractivity contribution in [2.45, 2.75) is 26.0 Å². The van der Waals surface area contributed by atoms with Crippen molar-refractivity contribution in [3.63, 3.8) is 0 Å². The summed E-state index contributed by atoms with van der Waals surface area (Å²) in [5.74, 6) is 0.203. The number of piperidine rings is 1. The maximum absolute atomic E-state index is 12.9. The van der Waals surface area contributed by atoms with Crippen LogP contribution in [0.5, 0.6) is 0 Å². The minimum atomic E-state index is -0.306. The Kier molecular flexibility index (Phi) is 4.31. The van der Waals surface area contributed by atoms with E-state index in [0.29, 0.717) is 19.5 Å². The summed E-state index contributed by atoms with van der Waals surface area (Å²) < 4.78 is 2.01. The van der Waals surface area contributed by atoms with E-state index in [-0.39, 0.29) is 24.5 Å². The first-order chi connectivity index (χ1) is 12.1. The molecule has 4 rings (SSSR count). The standard InChI is InChI=1S/C19H21N3O2S/c1-13-11-21(8-6-16(13)23)18(24)12-22-15(17-5-3-9-25-17)10-14-4-2-7-20-19(14)22/h2-5,7,9-10,13,16,23H,6,8,11-12H2,1H3/t13-,16+/m0/s1. The van der Waals surface area contributed by atoms with E-state index in [1.54, 1.807) is 17.5 Å². The van der Waals surface area contributed by atoms with Gasteiger partial charge in [-0.15, -0.1) is 11.3 Å². The molecule has 1 fully saturated rings. The largest absolute Gasteiger partial charge is 0.393 e. The lowest BCUT2D eigenvalue weighted by Crippen LogP contribution is -2.46. The maximum Gasteiger partial charge on any atom is 0.242 e. The Hall–Kier alpha value is -2.18. The fourth-order valence-electron chi connectivity index (χ4n) is 3.47. The molecule has 0 aromatic carbocycles. The number of amides is 1. The highest BCUT2D eigenvalue weighted by atomic mass is 32.1. The van der Waals surface area contributed by atoms with Crippen LogP contribution in [0.15, 0.2) is 41.9 Å². The zero-order valence-electron chi connectivity index (χ0n) is 14.1. The lowest BCUT2D eigenvalue weighted by molar-refractivity contribution is -0.135. The number of carbonyl (C=O) groups excluding carboxylic acids is 1. The molecule has 0 aliphatic carbocycles. The number of carbonyl (C=O) groups is 1. The second kappa shape index (κ2) is 6.61. The number of aliphatic hydroxyl groups excluding tert-OH is 1. The van der Waals surface area contributed by atoms with E-state index >= 15 is 0 Å². The maximum atomic E-state index is 12.9. The second-order valence-electron chi connectivity index (χ2n) is 6.68. The molecule has 2 atom stereocenters. The van der Waals surface area contributed by atoms with Gasteiger partial charge in [-0.2, -0.15) is 0 Å². The quantitative estimate of drug-likeness (QED) is 0.786. The van der Waals surface area contributed by atoms with Gasteiger partial charge in [-0.05, 0) is 42.0 Å². The summed E-state index contributed by atoms with van der Waals surface area (Å²) in [4.78, 5) is 20.4. The lowest BCUT2D eigenvalue weighted by Gasteiger charge is -2.34. The molecular formula is C19H21N3O2S. The molecule has 1 N–H and O–H groups in total. The third-order valence-corrected chi connectivity index (χ3v) is 5.83. The number of aliphatic hydroxyl groups is 1. The number of hydrogen-bond donors (Lipinski definition) is 1. The zero-order chi connectivity index (χ0) is 17.4. The molecule has 3 aromatic heterocycles. The third-order valence-electron chi connectivity index (χ3n) is 4.94. The van der Waals surface area contributed by atoms with Crippen molar-refractivity contribution < 1.29 is 9.90 Å². The van der Waals surface area contributed by atoms with Crippen molar-refractivity contribution in [3.05, 3.63) is 41.9 Å². The summed E-state index contributed by atoms with van der Waals surface area (Å²) in [6.45, 7) is 3.50. The lowest BCUT2D eigenvalue weighted by atomic mass is 9.97.